The molecule has 0 fully saturated rings. The van der Waals surface area contributed by atoms with E-state index in [1.807, 2.05) is 24.3 Å². The summed E-state index contributed by atoms with van der Waals surface area (Å²) >= 11 is 1.58. The third-order valence-corrected chi connectivity index (χ3v) is 3.52. The van der Waals surface area contributed by atoms with Gasteiger partial charge in [-0.3, -0.25) is 0 Å². The van der Waals surface area contributed by atoms with E-state index in [1.165, 1.54) is 0 Å². The largest absolute Gasteiger partial charge is 0.497 e. The van der Waals surface area contributed by atoms with Crippen LogP contribution in [0.15, 0.2) is 24.3 Å². The molecule has 102 valence electrons. The molecule has 5 nitrogen and oxygen atoms in total. The molecule has 0 bridgehead atoms. The highest BCUT2D eigenvalue weighted by molar-refractivity contribution is 7.14. The van der Waals surface area contributed by atoms with Crippen molar-refractivity contribution in [2.24, 2.45) is 0 Å². The quantitative estimate of drug-likeness (QED) is 0.785. The zero-order valence-electron chi connectivity index (χ0n) is 11.0. The molecular weight excluding hydrogens is 262 g/mol. The van der Waals surface area contributed by atoms with Crippen LogP contribution < -0.4 is 10.1 Å². The summed E-state index contributed by atoms with van der Waals surface area (Å²) in [6.45, 7) is 2.22. The van der Waals surface area contributed by atoms with Crippen LogP contribution in [0.4, 0.5) is 0 Å². The summed E-state index contributed by atoms with van der Waals surface area (Å²) in [5.74, 6) is 0.826. The van der Waals surface area contributed by atoms with Gasteiger partial charge in [-0.2, -0.15) is 0 Å². The van der Waals surface area contributed by atoms with Crippen molar-refractivity contribution >= 4 is 11.3 Å². The predicted molar refractivity (Wildman–Crippen MR) is 75.5 cm³/mol. The monoisotopic (exact) mass is 279 g/mol. The number of benzene rings is 1. The first-order valence-corrected chi connectivity index (χ1v) is 6.81. The highest BCUT2D eigenvalue weighted by Crippen LogP contribution is 2.26. The second kappa shape index (κ2) is 7.18. The summed E-state index contributed by atoms with van der Waals surface area (Å²) in [5.41, 5.74) is 1.03. The Kier molecular flexibility index (Phi) is 5.26. The van der Waals surface area contributed by atoms with E-state index in [9.17, 15) is 0 Å². The Hall–Kier alpha value is -1.50. The molecule has 0 unspecified atom stereocenters. The zero-order valence-corrected chi connectivity index (χ0v) is 11.9. The van der Waals surface area contributed by atoms with Crippen molar-refractivity contribution in [1.82, 2.24) is 15.5 Å². The SMILES string of the molecule is COCCNCc1nnc(-c2cccc(OC)c2)s1. The Morgan fingerprint density at radius 2 is 2.16 bits per heavy atom. The van der Waals surface area contributed by atoms with Crippen LogP contribution in [-0.4, -0.2) is 37.6 Å². The third kappa shape index (κ3) is 3.99. The molecule has 0 spiro atoms. The molecule has 0 radical (unpaired) electrons. The van der Waals surface area contributed by atoms with Gasteiger partial charge in [0.05, 0.1) is 13.7 Å². The van der Waals surface area contributed by atoms with E-state index < -0.39 is 0 Å². The minimum atomic E-state index is 0.696. The number of nitrogens with zero attached hydrogens (tertiary/aromatic N) is 2. The van der Waals surface area contributed by atoms with E-state index >= 15 is 0 Å². The van der Waals surface area contributed by atoms with Gasteiger partial charge in [-0.05, 0) is 12.1 Å². The predicted octanol–water partition coefficient (Wildman–Crippen LogP) is 1.95. The highest BCUT2D eigenvalue weighted by atomic mass is 32.1. The first kappa shape index (κ1) is 13.9. The lowest BCUT2D eigenvalue weighted by molar-refractivity contribution is 0.199. The Morgan fingerprint density at radius 1 is 1.26 bits per heavy atom. The lowest BCUT2D eigenvalue weighted by Gasteiger charge is -2.00. The van der Waals surface area contributed by atoms with E-state index in [0.717, 1.165) is 27.9 Å². The minimum absolute atomic E-state index is 0.696. The second-order valence-electron chi connectivity index (χ2n) is 3.90. The number of hydrogen-bond acceptors (Lipinski definition) is 6. The van der Waals surface area contributed by atoms with E-state index in [0.29, 0.717) is 13.2 Å². The molecule has 0 saturated heterocycles. The summed E-state index contributed by atoms with van der Waals surface area (Å²) in [4.78, 5) is 0. The van der Waals surface area contributed by atoms with Crippen molar-refractivity contribution in [1.29, 1.82) is 0 Å². The molecule has 0 aliphatic rings. The van der Waals surface area contributed by atoms with Gasteiger partial charge in [0.15, 0.2) is 0 Å². The Labute approximate surface area is 116 Å². The van der Waals surface area contributed by atoms with Crippen molar-refractivity contribution < 1.29 is 9.47 Å². The third-order valence-electron chi connectivity index (χ3n) is 2.54. The van der Waals surface area contributed by atoms with Crippen LogP contribution in [0.3, 0.4) is 0 Å². The van der Waals surface area contributed by atoms with Gasteiger partial charge in [-0.25, -0.2) is 0 Å². The molecular formula is C13H17N3O2S. The zero-order chi connectivity index (χ0) is 13.5. The van der Waals surface area contributed by atoms with Crippen LogP contribution in [0.25, 0.3) is 10.6 Å². The average molecular weight is 279 g/mol. The molecule has 2 rings (SSSR count). The molecule has 6 heteroatoms. The molecule has 0 amide bonds. The van der Waals surface area contributed by atoms with Gasteiger partial charge >= 0.3 is 0 Å². The molecule has 19 heavy (non-hydrogen) atoms. The van der Waals surface area contributed by atoms with Gasteiger partial charge in [0, 0.05) is 25.8 Å². The lowest BCUT2D eigenvalue weighted by atomic mass is 10.2. The van der Waals surface area contributed by atoms with Gasteiger partial charge in [-0.15, -0.1) is 10.2 Å². The first-order chi connectivity index (χ1) is 9.33. The molecule has 0 saturated carbocycles. The van der Waals surface area contributed by atoms with E-state index in [4.69, 9.17) is 9.47 Å². The number of nitrogens with one attached hydrogen (secondary N) is 1. The summed E-state index contributed by atoms with van der Waals surface area (Å²) in [6.07, 6.45) is 0. The average Bonchev–Trinajstić information content (AvgIpc) is 2.92. The number of rotatable bonds is 7. The van der Waals surface area contributed by atoms with Crippen molar-refractivity contribution in [3.05, 3.63) is 29.3 Å². The fourth-order valence-electron chi connectivity index (χ4n) is 1.57. The minimum Gasteiger partial charge on any atom is -0.497 e. The van der Waals surface area contributed by atoms with E-state index in [1.54, 1.807) is 25.6 Å². The molecule has 1 aromatic heterocycles. The van der Waals surface area contributed by atoms with Gasteiger partial charge in [-0.1, -0.05) is 23.5 Å². The number of ether oxygens (including phenoxy) is 2. The van der Waals surface area contributed by atoms with Gasteiger partial charge in [0.2, 0.25) is 0 Å². The van der Waals surface area contributed by atoms with Gasteiger partial charge in [0.1, 0.15) is 15.8 Å². The van der Waals surface area contributed by atoms with Crippen molar-refractivity contribution in [3.8, 4) is 16.3 Å². The summed E-state index contributed by atoms with van der Waals surface area (Å²) in [7, 11) is 3.35. The summed E-state index contributed by atoms with van der Waals surface area (Å²) in [5, 5.41) is 13.5. The van der Waals surface area contributed by atoms with Crippen LogP contribution in [-0.2, 0) is 11.3 Å². The lowest BCUT2D eigenvalue weighted by Crippen LogP contribution is -2.18. The first-order valence-electron chi connectivity index (χ1n) is 6.00. The molecule has 0 aliphatic heterocycles. The normalized spacial score (nSPS) is 10.6. The van der Waals surface area contributed by atoms with Crippen LogP contribution in [0.5, 0.6) is 5.75 Å². The standard InChI is InChI=1S/C13H17N3O2S/c1-17-7-6-14-9-12-15-16-13(19-12)10-4-3-5-11(8-10)18-2/h3-5,8,14H,6-7,9H2,1-2H3. The van der Waals surface area contributed by atoms with Crippen LogP contribution >= 0.6 is 11.3 Å². The van der Waals surface area contributed by atoms with Crippen molar-refractivity contribution in [3.63, 3.8) is 0 Å². The Bertz CT molecular complexity index is 516. The van der Waals surface area contributed by atoms with Crippen LogP contribution in [0.2, 0.25) is 0 Å². The molecule has 1 aromatic carbocycles. The maximum Gasteiger partial charge on any atom is 0.147 e. The van der Waals surface area contributed by atoms with Gasteiger partial charge < -0.3 is 14.8 Å². The molecule has 0 aliphatic carbocycles. The molecule has 2 aromatic rings. The van der Waals surface area contributed by atoms with Gasteiger partial charge in [0.25, 0.3) is 0 Å². The Balaban J connectivity index is 1.99. The van der Waals surface area contributed by atoms with Crippen molar-refractivity contribution in [2.75, 3.05) is 27.4 Å². The Morgan fingerprint density at radius 3 is 2.95 bits per heavy atom. The highest BCUT2D eigenvalue weighted by Gasteiger charge is 2.07. The second-order valence-corrected chi connectivity index (χ2v) is 4.96. The van der Waals surface area contributed by atoms with Crippen LogP contribution in [0, 0.1) is 0 Å². The summed E-state index contributed by atoms with van der Waals surface area (Å²) < 4.78 is 10.2. The van der Waals surface area contributed by atoms with E-state index in [-0.39, 0.29) is 0 Å². The fourth-order valence-corrected chi connectivity index (χ4v) is 2.37. The van der Waals surface area contributed by atoms with E-state index in [2.05, 4.69) is 15.5 Å². The smallest absolute Gasteiger partial charge is 0.147 e. The van der Waals surface area contributed by atoms with Crippen LogP contribution in [0.1, 0.15) is 5.01 Å². The topological polar surface area (TPSA) is 56.3 Å². The molecule has 1 heterocycles. The van der Waals surface area contributed by atoms with Crippen molar-refractivity contribution in [2.45, 2.75) is 6.54 Å². The number of aromatic nitrogens is 2. The molecule has 0 atom stereocenters. The fraction of sp³-hybridized carbons (Fsp3) is 0.385. The number of methoxy groups -OCH3 is 2. The maximum absolute atomic E-state index is 5.21. The number of hydrogen-bond donors (Lipinski definition) is 1. The molecule has 1 N–H and O–H groups in total. The summed E-state index contributed by atoms with van der Waals surface area (Å²) in [6, 6.07) is 7.83. The maximum atomic E-state index is 5.21.